The van der Waals surface area contributed by atoms with Crippen LogP contribution in [0.3, 0.4) is 0 Å². The van der Waals surface area contributed by atoms with Crippen molar-refractivity contribution in [2.45, 2.75) is 54.4 Å². The van der Waals surface area contributed by atoms with Gasteiger partial charge in [0, 0.05) is 12.8 Å². The summed E-state index contributed by atoms with van der Waals surface area (Å²) in [5, 5.41) is 8.24. The molecule has 16 heavy (non-hydrogen) atoms. The van der Waals surface area contributed by atoms with E-state index in [0.29, 0.717) is 0 Å². The zero-order valence-electron chi connectivity index (χ0n) is 11.4. The highest BCUT2D eigenvalue weighted by atomic mass is 16.4. The molecule has 0 aromatic carbocycles. The normalized spacial score (nSPS) is 10.4. The summed E-state index contributed by atoms with van der Waals surface area (Å²) in [5.41, 5.74) is 4.84. The smallest absolute Gasteiger partial charge is 0.303 e. The van der Waals surface area contributed by atoms with E-state index in [1.807, 2.05) is 13.8 Å². The SMILES string of the molecule is CC.CC(C)C.CC(CC(N)=O)CC(=O)O. The lowest BCUT2D eigenvalue weighted by molar-refractivity contribution is -0.138. The number of hydrogen-bond donors (Lipinski definition) is 2. The number of aliphatic carboxylic acids is 1. The molecule has 0 saturated carbocycles. The third kappa shape index (κ3) is 38.3. The molecule has 0 fully saturated rings. The summed E-state index contributed by atoms with van der Waals surface area (Å²) in [6, 6.07) is 0. The van der Waals surface area contributed by atoms with Gasteiger partial charge in [0.2, 0.25) is 5.91 Å². The molecular formula is C12H27NO3. The van der Waals surface area contributed by atoms with Gasteiger partial charge in [0.25, 0.3) is 0 Å². The van der Waals surface area contributed by atoms with Gasteiger partial charge in [-0.3, -0.25) is 9.59 Å². The van der Waals surface area contributed by atoms with Crippen molar-refractivity contribution in [2.24, 2.45) is 17.6 Å². The fourth-order valence-electron chi connectivity index (χ4n) is 0.714. The van der Waals surface area contributed by atoms with Gasteiger partial charge in [0.15, 0.2) is 0 Å². The molecule has 1 unspecified atom stereocenters. The van der Waals surface area contributed by atoms with Crippen molar-refractivity contribution in [2.75, 3.05) is 0 Å². The fraction of sp³-hybridized carbons (Fsp3) is 0.833. The molecule has 0 aliphatic heterocycles. The largest absolute Gasteiger partial charge is 0.481 e. The second-order valence-corrected chi connectivity index (χ2v) is 4.11. The quantitative estimate of drug-likeness (QED) is 0.783. The summed E-state index contributed by atoms with van der Waals surface area (Å²) in [6.07, 6.45) is 0.148. The highest BCUT2D eigenvalue weighted by Crippen LogP contribution is 2.05. The van der Waals surface area contributed by atoms with Crippen LogP contribution in [0.25, 0.3) is 0 Å². The monoisotopic (exact) mass is 233 g/mol. The maximum Gasteiger partial charge on any atom is 0.303 e. The third-order valence-electron chi connectivity index (χ3n) is 1.07. The van der Waals surface area contributed by atoms with Crippen molar-refractivity contribution in [3.63, 3.8) is 0 Å². The highest BCUT2D eigenvalue weighted by molar-refractivity contribution is 5.75. The lowest BCUT2D eigenvalue weighted by Gasteiger charge is -2.03. The Morgan fingerprint density at radius 3 is 1.56 bits per heavy atom. The van der Waals surface area contributed by atoms with E-state index in [1.54, 1.807) is 6.92 Å². The van der Waals surface area contributed by atoms with Crippen LogP contribution in [0.4, 0.5) is 0 Å². The molecule has 3 N–H and O–H groups in total. The Labute approximate surface area is 99.2 Å². The molecule has 0 heterocycles. The number of primary amides is 1. The second kappa shape index (κ2) is 13.9. The lowest BCUT2D eigenvalue weighted by atomic mass is 10.0. The first kappa shape index (κ1) is 20.4. The summed E-state index contributed by atoms with van der Waals surface area (Å²) in [7, 11) is 0. The number of carboxylic acids is 1. The van der Waals surface area contributed by atoms with Crippen molar-refractivity contribution in [1.82, 2.24) is 0 Å². The molecular weight excluding hydrogens is 206 g/mol. The van der Waals surface area contributed by atoms with E-state index in [4.69, 9.17) is 10.8 Å². The Hall–Kier alpha value is -1.06. The maximum absolute atomic E-state index is 10.2. The molecule has 4 nitrogen and oxygen atoms in total. The van der Waals surface area contributed by atoms with Crippen molar-refractivity contribution >= 4 is 11.9 Å². The Balaban J connectivity index is -0.000000237. The standard InChI is InChI=1S/C6H11NO3.C4H10.C2H6/c1-4(2-5(7)8)3-6(9)10;1-4(2)3;1-2/h4H,2-3H2,1H3,(H2,7,8)(H,9,10);4H,1-3H3;1-2H3. The predicted molar refractivity (Wildman–Crippen MR) is 67.1 cm³/mol. The van der Waals surface area contributed by atoms with Crippen LogP contribution in [0.15, 0.2) is 0 Å². The number of amides is 1. The molecule has 0 spiro atoms. The zero-order chi connectivity index (χ0) is 13.7. The molecule has 0 aromatic rings. The summed E-state index contributed by atoms with van der Waals surface area (Å²) in [4.78, 5) is 20.3. The van der Waals surface area contributed by atoms with Crippen LogP contribution in [0.5, 0.6) is 0 Å². The zero-order valence-corrected chi connectivity index (χ0v) is 11.4. The van der Waals surface area contributed by atoms with Crippen LogP contribution in [0.1, 0.15) is 54.4 Å². The van der Waals surface area contributed by atoms with Crippen LogP contribution in [0, 0.1) is 11.8 Å². The first-order chi connectivity index (χ1) is 7.25. The average molecular weight is 233 g/mol. The molecule has 98 valence electrons. The summed E-state index contributed by atoms with van der Waals surface area (Å²) in [6.45, 7) is 12.2. The number of carbonyl (C=O) groups is 2. The molecule has 0 saturated heterocycles. The van der Waals surface area contributed by atoms with Gasteiger partial charge in [-0.25, -0.2) is 0 Å². The van der Waals surface area contributed by atoms with E-state index in [2.05, 4.69) is 20.8 Å². The maximum atomic E-state index is 10.2. The topological polar surface area (TPSA) is 80.4 Å². The van der Waals surface area contributed by atoms with Gasteiger partial charge in [0.1, 0.15) is 0 Å². The number of carbonyl (C=O) groups excluding carboxylic acids is 1. The molecule has 1 atom stereocenters. The first-order valence-electron chi connectivity index (χ1n) is 5.75. The molecule has 0 aliphatic rings. The summed E-state index contributed by atoms with van der Waals surface area (Å²) >= 11 is 0. The van der Waals surface area contributed by atoms with Crippen LogP contribution >= 0.6 is 0 Å². The van der Waals surface area contributed by atoms with Gasteiger partial charge in [0.05, 0.1) is 0 Å². The van der Waals surface area contributed by atoms with E-state index in [1.165, 1.54) is 0 Å². The number of rotatable bonds is 4. The van der Waals surface area contributed by atoms with E-state index < -0.39 is 11.9 Å². The van der Waals surface area contributed by atoms with Gasteiger partial charge in [-0.1, -0.05) is 41.5 Å². The molecule has 0 rings (SSSR count). The van der Waals surface area contributed by atoms with Crippen molar-refractivity contribution in [3.8, 4) is 0 Å². The van der Waals surface area contributed by atoms with Gasteiger partial charge >= 0.3 is 5.97 Å². The van der Waals surface area contributed by atoms with E-state index in [-0.39, 0.29) is 18.8 Å². The average Bonchev–Trinajstić information content (AvgIpc) is 2.03. The molecule has 4 heteroatoms. The fourth-order valence-corrected chi connectivity index (χ4v) is 0.714. The van der Waals surface area contributed by atoms with Crippen molar-refractivity contribution < 1.29 is 14.7 Å². The van der Waals surface area contributed by atoms with Gasteiger partial charge in [-0.15, -0.1) is 0 Å². The van der Waals surface area contributed by atoms with Gasteiger partial charge in [-0.2, -0.15) is 0 Å². The van der Waals surface area contributed by atoms with Crippen LogP contribution in [-0.2, 0) is 9.59 Å². The van der Waals surface area contributed by atoms with Crippen molar-refractivity contribution in [3.05, 3.63) is 0 Å². The second-order valence-electron chi connectivity index (χ2n) is 4.11. The molecule has 1 amide bonds. The van der Waals surface area contributed by atoms with Gasteiger partial charge < -0.3 is 10.8 Å². The lowest BCUT2D eigenvalue weighted by Crippen LogP contribution is -2.16. The van der Waals surface area contributed by atoms with Crippen LogP contribution in [-0.4, -0.2) is 17.0 Å². The third-order valence-corrected chi connectivity index (χ3v) is 1.07. The number of nitrogens with two attached hydrogens (primary N) is 1. The number of hydrogen-bond acceptors (Lipinski definition) is 2. The minimum absolute atomic E-state index is 0.00292. The van der Waals surface area contributed by atoms with E-state index in [0.717, 1.165) is 5.92 Å². The van der Waals surface area contributed by atoms with Crippen LogP contribution < -0.4 is 5.73 Å². The molecule has 0 aromatic heterocycles. The predicted octanol–water partition coefficient (Wildman–Crippen LogP) is 2.66. The van der Waals surface area contributed by atoms with E-state index >= 15 is 0 Å². The summed E-state index contributed by atoms with van der Waals surface area (Å²) in [5.74, 6) is -0.669. The van der Waals surface area contributed by atoms with Crippen molar-refractivity contribution in [1.29, 1.82) is 0 Å². The Kier molecular flexibility index (Phi) is 17.7. The Bertz CT molecular complexity index is 160. The highest BCUT2D eigenvalue weighted by Gasteiger charge is 2.09. The molecule has 0 aliphatic carbocycles. The number of carboxylic acid groups (broad SMARTS) is 1. The molecule has 0 bridgehead atoms. The van der Waals surface area contributed by atoms with Gasteiger partial charge in [-0.05, 0) is 11.8 Å². The molecule has 0 radical (unpaired) electrons. The Morgan fingerprint density at radius 1 is 1.06 bits per heavy atom. The minimum atomic E-state index is -0.895. The first-order valence-corrected chi connectivity index (χ1v) is 5.75. The van der Waals surface area contributed by atoms with E-state index in [9.17, 15) is 9.59 Å². The van der Waals surface area contributed by atoms with Crippen LogP contribution in [0.2, 0.25) is 0 Å². The Morgan fingerprint density at radius 2 is 1.38 bits per heavy atom. The summed E-state index contributed by atoms with van der Waals surface area (Å²) < 4.78 is 0. The minimum Gasteiger partial charge on any atom is -0.481 e.